The third-order valence-electron chi connectivity index (χ3n) is 5.92. The number of nitrogens with one attached hydrogen (secondary N) is 2. The SMILES string of the molecule is Cn1c(Nc2ccccc2)nc2cc(-c3cnc4c(NCC5CC5)cc(Cl)nn34)ccc21. The zero-order valence-corrected chi connectivity index (χ0v) is 18.3. The van der Waals surface area contributed by atoms with Gasteiger partial charge in [-0.25, -0.2) is 14.5 Å². The fourth-order valence-electron chi connectivity index (χ4n) is 3.96. The van der Waals surface area contributed by atoms with Crippen LogP contribution in [0.3, 0.4) is 0 Å². The summed E-state index contributed by atoms with van der Waals surface area (Å²) < 4.78 is 3.86. The van der Waals surface area contributed by atoms with Gasteiger partial charge in [-0.1, -0.05) is 35.9 Å². The Bertz CT molecular complexity index is 1430. The molecule has 8 heteroatoms. The summed E-state index contributed by atoms with van der Waals surface area (Å²) >= 11 is 6.34. The van der Waals surface area contributed by atoms with Gasteiger partial charge in [0.15, 0.2) is 10.8 Å². The highest BCUT2D eigenvalue weighted by molar-refractivity contribution is 6.29. The highest BCUT2D eigenvalue weighted by atomic mass is 35.5. The van der Waals surface area contributed by atoms with Crippen LogP contribution in [-0.4, -0.2) is 30.7 Å². The van der Waals surface area contributed by atoms with E-state index in [2.05, 4.69) is 43.5 Å². The average molecular weight is 444 g/mol. The lowest BCUT2D eigenvalue weighted by Gasteiger charge is -2.08. The van der Waals surface area contributed by atoms with Crippen LogP contribution >= 0.6 is 11.6 Å². The molecular weight excluding hydrogens is 422 g/mol. The van der Waals surface area contributed by atoms with Gasteiger partial charge in [-0.3, -0.25) is 0 Å². The van der Waals surface area contributed by atoms with Gasteiger partial charge in [-0.05, 0) is 43.0 Å². The van der Waals surface area contributed by atoms with Gasteiger partial charge in [0.1, 0.15) is 0 Å². The highest BCUT2D eigenvalue weighted by Crippen LogP contribution is 2.32. The van der Waals surface area contributed by atoms with E-state index in [9.17, 15) is 0 Å². The summed E-state index contributed by atoms with van der Waals surface area (Å²) in [7, 11) is 2.01. The van der Waals surface area contributed by atoms with Crippen LogP contribution in [0.4, 0.5) is 17.3 Å². The number of hydrogen-bond acceptors (Lipinski definition) is 5. The van der Waals surface area contributed by atoms with Crippen molar-refractivity contribution in [2.24, 2.45) is 13.0 Å². The Balaban J connectivity index is 1.38. The van der Waals surface area contributed by atoms with Crippen LogP contribution in [0, 0.1) is 5.92 Å². The van der Waals surface area contributed by atoms with E-state index in [1.165, 1.54) is 12.8 Å². The maximum absolute atomic E-state index is 6.34. The monoisotopic (exact) mass is 443 g/mol. The van der Waals surface area contributed by atoms with Crippen LogP contribution in [0.15, 0.2) is 60.8 Å². The largest absolute Gasteiger partial charge is 0.382 e. The van der Waals surface area contributed by atoms with Crippen molar-refractivity contribution >= 4 is 45.6 Å². The van der Waals surface area contributed by atoms with Gasteiger partial charge < -0.3 is 15.2 Å². The molecule has 0 bridgehead atoms. The lowest BCUT2D eigenvalue weighted by Crippen LogP contribution is -2.06. The van der Waals surface area contributed by atoms with Crippen LogP contribution < -0.4 is 10.6 Å². The molecule has 1 fully saturated rings. The first-order valence-corrected chi connectivity index (χ1v) is 11.1. The van der Waals surface area contributed by atoms with Crippen molar-refractivity contribution < 1.29 is 0 Å². The number of fused-ring (bicyclic) bond motifs is 2. The second-order valence-corrected chi connectivity index (χ2v) is 8.66. The topological polar surface area (TPSA) is 72.1 Å². The molecule has 6 rings (SSSR count). The first-order valence-electron chi connectivity index (χ1n) is 10.7. The molecule has 1 saturated carbocycles. The molecule has 1 aliphatic carbocycles. The molecule has 0 aliphatic heterocycles. The molecule has 7 nitrogen and oxygen atoms in total. The summed E-state index contributed by atoms with van der Waals surface area (Å²) in [5.74, 6) is 1.54. The lowest BCUT2D eigenvalue weighted by molar-refractivity contribution is 0.882. The fraction of sp³-hybridized carbons (Fsp3) is 0.208. The molecule has 0 amide bonds. The lowest BCUT2D eigenvalue weighted by atomic mass is 10.1. The Kier molecular flexibility index (Phi) is 4.50. The van der Waals surface area contributed by atoms with Gasteiger partial charge in [0, 0.05) is 30.9 Å². The molecule has 0 spiro atoms. The first kappa shape index (κ1) is 19.1. The van der Waals surface area contributed by atoms with Crippen molar-refractivity contribution in [2.75, 3.05) is 17.2 Å². The zero-order chi connectivity index (χ0) is 21.7. The third-order valence-corrected chi connectivity index (χ3v) is 6.11. The quantitative estimate of drug-likeness (QED) is 0.362. The van der Waals surface area contributed by atoms with Gasteiger partial charge in [0.2, 0.25) is 5.95 Å². The van der Waals surface area contributed by atoms with E-state index in [1.54, 1.807) is 0 Å². The Morgan fingerprint density at radius 1 is 1.09 bits per heavy atom. The molecule has 5 aromatic rings. The van der Waals surface area contributed by atoms with Crippen LogP contribution in [-0.2, 0) is 7.05 Å². The van der Waals surface area contributed by atoms with E-state index in [4.69, 9.17) is 16.6 Å². The molecule has 2 N–H and O–H groups in total. The number of hydrogen-bond donors (Lipinski definition) is 2. The fourth-order valence-corrected chi connectivity index (χ4v) is 4.15. The first-order chi connectivity index (χ1) is 15.7. The maximum atomic E-state index is 6.34. The summed E-state index contributed by atoms with van der Waals surface area (Å²) in [5.41, 5.74) is 6.48. The Hall–Kier alpha value is -3.58. The predicted octanol–water partition coefficient (Wildman–Crippen LogP) is 5.50. The number of imidazole rings is 2. The number of anilines is 3. The van der Waals surface area contributed by atoms with Gasteiger partial charge in [-0.2, -0.15) is 5.10 Å². The van der Waals surface area contributed by atoms with Crippen LogP contribution in [0.2, 0.25) is 5.15 Å². The van der Waals surface area contributed by atoms with E-state index < -0.39 is 0 Å². The number of halogens is 1. The molecule has 3 heterocycles. The molecule has 32 heavy (non-hydrogen) atoms. The summed E-state index contributed by atoms with van der Waals surface area (Å²) in [6.07, 6.45) is 4.41. The van der Waals surface area contributed by atoms with Crippen LogP contribution in [0.5, 0.6) is 0 Å². The van der Waals surface area contributed by atoms with Crippen molar-refractivity contribution in [2.45, 2.75) is 12.8 Å². The van der Waals surface area contributed by atoms with Gasteiger partial charge in [0.05, 0.1) is 28.6 Å². The molecule has 3 aromatic heterocycles. The van der Waals surface area contributed by atoms with Gasteiger partial charge in [0.25, 0.3) is 0 Å². The van der Waals surface area contributed by atoms with Crippen molar-refractivity contribution in [3.63, 3.8) is 0 Å². The number of aromatic nitrogens is 5. The average Bonchev–Trinajstić information content (AvgIpc) is 3.46. The second kappa shape index (κ2) is 7.53. The molecule has 0 saturated heterocycles. The zero-order valence-electron chi connectivity index (χ0n) is 17.6. The van der Waals surface area contributed by atoms with E-state index in [1.807, 2.05) is 54.2 Å². The van der Waals surface area contributed by atoms with E-state index in [-0.39, 0.29) is 0 Å². The molecule has 2 aromatic carbocycles. The third kappa shape index (κ3) is 3.44. The van der Waals surface area contributed by atoms with E-state index in [0.29, 0.717) is 5.15 Å². The molecular formula is C24H22ClN7. The molecule has 0 radical (unpaired) electrons. The normalized spacial score (nSPS) is 13.7. The number of aryl methyl sites for hydroxylation is 1. The summed E-state index contributed by atoms with van der Waals surface area (Å²) in [6.45, 7) is 0.940. The van der Waals surface area contributed by atoms with E-state index in [0.717, 1.165) is 57.7 Å². The number of rotatable bonds is 6. The van der Waals surface area contributed by atoms with Crippen LogP contribution in [0.1, 0.15) is 12.8 Å². The van der Waals surface area contributed by atoms with Crippen molar-refractivity contribution in [1.29, 1.82) is 0 Å². The van der Waals surface area contributed by atoms with Gasteiger partial charge in [-0.15, -0.1) is 0 Å². The van der Waals surface area contributed by atoms with Crippen molar-refractivity contribution in [3.05, 3.63) is 65.9 Å². The summed E-state index contributed by atoms with van der Waals surface area (Å²) in [6, 6.07) is 18.1. The maximum Gasteiger partial charge on any atom is 0.208 e. The van der Waals surface area contributed by atoms with E-state index >= 15 is 0 Å². The number of benzene rings is 2. The Labute approximate surface area is 190 Å². The predicted molar refractivity (Wildman–Crippen MR) is 129 cm³/mol. The second-order valence-electron chi connectivity index (χ2n) is 8.27. The van der Waals surface area contributed by atoms with Gasteiger partial charge >= 0.3 is 0 Å². The summed E-state index contributed by atoms with van der Waals surface area (Å²) in [5, 5.41) is 11.8. The molecule has 1 aliphatic rings. The minimum absolute atomic E-state index is 0.434. The molecule has 160 valence electrons. The highest BCUT2D eigenvalue weighted by Gasteiger charge is 2.22. The standard InChI is InChI=1S/C24H22ClN7/c1-31-20-10-9-16(11-18(20)29-24(31)28-17-5-3-2-4-6-17)21-14-27-23-19(26-13-15-7-8-15)12-22(25)30-32(21)23/h2-6,9-12,14-15,26H,7-8,13H2,1H3,(H,28,29). The Morgan fingerprint density at radius 3 is 2.75 bits per heavy atom. The molecule has 0 unspecified atom stereocenters. The smallest absolute Gasteiger partial charge is 0.208 e. The van der Waals surface area contributed by atoms with Crippen LogP contribution in [0.25, 0.3) is 27.9 Å². The number of para-hydroxylation sites is 1. The molecule has 0 atom stereocenters. The minimum Gasteiger partial charge on any atom is -0.382 e. The minimum atomic E-state index is 0.434. The Morgan fingerprint density at radius 2 is 1.94 bits per heavy atom. The number of nitrogens with zero attached hydrogens (tertiary/aromatic N) is 5. The van der Waals surface area contributed by atoms with Crippen molar-refractivity contribution in [1.82, 2.24) is 24.1 Å². The summed E-state index contributed by atoms with van der Waals surface area (Å²) in [4.78, 5) is 9.45. The van der Waals surface area contributed by atoms with Crippen molar-refractivity contribution in [3.8, 4) is 11.3 Å².